The van der Waals surface area contributed by atoms with E-state index in [1.807, 2.05) is 18.2 Å². The second-order valence-corrected chi connectivity index (χ2v) is 12.4. The number of rotatable bonds is 7. The van der Waals surface area contributed by atoms with Crippen LogP contribution in [-0.2, 0) is 28.6 Å². The van der Waals surface area contributed by atoms with Gasteiger partial charge in [-0.3, -0.25) is 4.90 Å². The van der Waals surface area contributed by atoms with Crippen molar-refractivity contribution in [2.45, 2.75) is 49.5 Å². The maximum absolute atomic E-state index is 13.3. The minimum atomic E-state index is -3.65. The van der Waals surface area contributed by atoms with Gasteiger partial charge in [0.25, 0.3) is 0 Å². The van der Waals surface area contributed by atoms with E-state index in [2.05, 4.69) is 29.5 Å². The first-order valence-electron chi connectivity index (χ1n) is 12.2. The van der Waals surface area contributed by atoms with E-state index in [0.29, 0.717) is 27.3 Å². The fourth-order valence-electron chi connectivity index (χ4n) is 4.57. The van der Waals surface area contributed by atoms with Gasteiger partial charge in [0.1, 0.15) is 5.75 Å². The van der Waals surface area contributed by atoms with Crippen molar-refractivity contribution in [2.24, 2.45) is 0 Å². The van der Waals surface area contributed by atoms with Crippen molar-refractivity contribution >= 4 is 44.8 Å². The van der Waals surface area contributed by atoms with Crippen molar-refractivity contribution in [3.05, 3.63) is 86.9 Å². The Hall–Kier alpha value is -2.78. The minimum absolute atomic E-state index is 0.116. The Labute approximate surface area is 234 Å². The zero-order valence-corrected chi connectivity index (χ0v) is 24.0. The van der Waals surface area contributed by atoms with Gasteiger partial charge in [-0.25, -0.2) is 13.2 Å². The fraction of sp³-hybridized carbons (Fsp3) is 0.321. The third-order valence-corrected chi connectivity index (χ3v) is 9.41. The summed E-state index contributed by atoms with van der Waals surface area (Å²) < 4.78 is 31.9. The average Bonchev–Trinajstić information content (AvgIpc) is 2.86. The molecule has 2 amide bonds. The molecule has 0 saturated heterocycles. The van der Waals surface area contributed by atoms with Gasteiger partial charge < -0.3 is 15.4 Å². The standard InChI is InChI=1S/C28H31Cl2N3O4S/c1-17-12-21-13-19(8-9-20(21)15-33(17)3)16-38(35,36)22-10-11-25(26(14-22)37-4)32-28(34)31-18(2)23-6-5-7-24(29)27(23)30/h5-11,13-14,17-18H,12,15-16H2,1-4H3,(H2,31,32,34). The van der Waals surface area contributed by atoms with Crippen LogP contribution in [0.2, 0.25) is 10.0 Å². The van der Waals surface area contributed by atoms with Gasteiger partial charge in [-0.1, -0.05) is 53.5 Å². The van der Waals surface area contributed by atoms with Crippen molar-refractivity contribution in [1.82, 2.24) is 10.2 Å². The van der Waals surface area contributed by atoms with E-state index in [0.717, 1.165) is 18.5 Å². The first-order valence-corrected chi connectivity index (χ1v) is 14.6. The highest BCUT2D eigenvalue weighted by atomic mass is 35.5. The number of anilines is 1. The molecule has 3 aromatic carbocycles. The van der Waals surface area contributed by atoms with E-state index in [-0.39, 0.29) is 16.4 Å². The number of halogens is 2. The summed E-state index contributed by atoms with van der Waals surface area (Å²) in [4.78, 5) is 15.1. The molecule has 1 aliphatic heterocycles. The zero-order valence-electron chi connectivity index (χ0n) is 21.7. The Kier molecular flexibility index (Phi) is 8.57. The lowest BCUT2D eigenvalue weighted by atomic mass is 9.94. The third-order valence-electron chi connectivity index (χ3n) is 6.89. The normalized spacial score (nSPS) is 16.4. The molecule has 7 nitrogen and oxygen atoms in total. The molecule has 0 radical (unpaired) electrons. The number of nitrogens with zero attached hydrogens (tertiary/aromatic N) is 1. The molecule has 0 bridgehead atoms. The topological polar surface area (TPSA) is 87.7 Å². The largest absolute Gasteiger partial charge is 0.495 e. The third kappa shape index (κ3) is 6.26. The SMILES string of the molecule is COc1cc(S(=O)(=O)Cc2ccc3c(c2)CC(C)N(C)C3)ccc1NC(=O)NC(C)c1cccc(Cl)c1Cl. The van der Waals surface area contributed by atoms with Crippen molar-refractivity contribution in [3.8, 4) is 5.75 Å². The van der Waals surface area contributed by atoms with E-state index >= 15 is 0 Å². The van der Waals surface area contributed by atoms with Gasteiger partial charge in [-0.05, 0) is 67.8 Å². The molecular formula is C28H31Cl2N3O4S. The summed E-state index contributed by atoms with van der Waals surface area (Å²) in [5.74, 6) is 0.107. The van der Waals surface area contributed by atoms with Gasteiger partial charge in [0.05, 0.1) is 39.5 Å². The minimum Gasteiger partial charge on any atom is -0.495 e. The Morgan fingerprint density at radius 3 is 2.63 bits per heavy atom. The van der Waals surface area contributed by atoms with Crippen LogP contribution in [-0.4, -0.2) is 39.5 Å². The number of ether oxygens (including phenoxy) is 1. The van der Waals surface area contributed by atoms with Crippen LogP contribution in [0.5, 0.6) is 5.75 Å². The highest BCUT2D eigenvalue weighted by Crippen LogP contribution is 2.32. The summed E-state index contributed by atoms with van der Waals surface area (Å²) in [5, 5.41) is 6.29. The van der Waals surface area contributed by atoms with E-state index in [1.54, 1.807) is 25.1 Å². The lowest BCUT2D eigenvalue weighted by Crippen LogP contribution is -2.35. The molecule has 2 atom stereocenters. The maximum atomic E-state index is 13.3. The van der Waals surface area contributed by atoms with Crippen LogP contribution in [0.1, 0.15) is 42.1 Å². The second kappa shape index (κ2) is 11.5. The van der Waals surface area contributed by atoms with E-state index in [9.17, 15) is 13.2 Å². The van der Waals surface area contributed by atoms with Crippen LogP contribution in [0.3, 0.4) is 0 Å². The molecular weight excluding hydrogens is 545 g/mol. The van der Waals surface area contributed by atoms with Gasteiger partial charge >= 0.3 is 6.03 Å². The van der Waals surface area contributed by atoms with Gasteiger partial charge in [-0.2, -0.15) is 0 Å². The van der Waals surface area contributed by atoms with Crippen LogP contribution in [0.25, 0.3) is 0 Å². The predicted octanol–water partition coefficient (Wildman–Crippen LogP) is 6.24. The Morgan fingerprint density at radius 1 is 1.13 bits per heavy atom. The molecule has 0 aliphatic carbocycles. The lowest BCUT2D eigenvalue weighted by molar-refractivity contribution is 0.231. The first-order chi connectivity index (χ1) is 18.0. The van der Waals surface area contributed by atoms with Crippen LogP contribution in [0, 0.1) is 0 Å². The Morgan fingerprint density at radius 2 is 1.89 bits per heavy atom. The molecule has 1 heterocycles. The number of amides is 2. The van der Waals surface area contributed by atoms with Gasteiger partial charge in [0.2, 0.25) is 0 Å². The van der Waals surface area contributed by atoms with Crippen LogP contribution in [0.15, 0.2) is 59.5 Å². The van der Waals surface area contributed by atoms with Crippen LogP contribution in [0.4, 0.5) is 10.5 Å². The summed E-state index contributed by atoms with van der Waals surface area (Å²) in [5.41, 5.74) is 4.18. The Bertz CT molecular complexity index is 1460. The maximum Gasteiger partial charge on any atom is 0.319 e. The van der Waals surface area contributed by atoms with E-state index in [4.69, 9.17) is 27.9 Å². The number of methoxy groups -OCH3 is 1. The number of hydrogen-bond donors (Lipinski definition) is 2. The molecule has 38 heavy (non-hydrogen) atoms. The number of benzene rings is 3. The van der Waals surface area contributed by atoms with Crippen molar-refractivity contribution < 1.29 is 17.9 Å². The lowest BCUT2D eigenvalue weighted by Gasteiger charge is -2.31. The van der Waals surface area contributed by atoms with E-state index < -0.39 is 21.9 Å². The number of sulfone groups is 1. The van der Waals surface area contributed by atoms with Crippen molar-refractivity contribution in [3.63, 3.8) is 0 Å². The molecule has 0 aromatic heterocycles. The summed E-state index contributed by atoms with van der Waals surface area (Å²) >= 11 is 12.3. The van der Waals surface area contributed by atoms with Gasteiger partial charge in [0, 0.05) is 18.7 Å². The molecule has 0 spiro atoms. The molecule has 1 aliphatic rings. The summed E-state index contributed by atoms with van der Waals surface area (Å²) in [6.45, 7) is 4.80. The van der Waals surface area contributed by atoms with Gasteiger partial charge in [-0.15, -0.1) is 0 Å². The van der Waals surface area contributed by atoms with Crippen molar-refractivity contribution in [1.29, 1.82) is 0 Å². The quantitative estimate of drug-likeness (QED) is 0.348. The number of carbonyl (C=O) groups excluding carboxylic acids is 1. The molecule has 0 fully saturated rings. The summed E-state index contributed by atoms with van der Waals surface area (Å²) in [6.07, 6.45) is 0.887. The predicted molar refractivity (Wildman–Crippen MR) is 152 cm³/mol. The summed E-state index contributed by atoms with van der Waals surface area (Å²) in [6, 6.07) is 15.0. The average molecular weight is 577 g/mol. The molecule has 0 saturated carbocycles. The molecule has 3 aromatic rings. The van der Waals surface area contributed by atoms with Crippen LogP contribution >= 0.6 is 23.2 Å². The molecule has 2 unspecified atom stereocenters. The van der Waals surface area contributed by atoms with Crippen LogP contribution < -0.4 is 15.4 Å². The molecule has 2 N–H and O–H groups in total. The molecule has 202 valence electrons. The number of urea groups is 1. The number of hydrogen-bond acceptors (Lipinski definition) is 5. The monoisotopic (exact) mass is 575 g/mol. The zero-order chi connectivity index (χ0) is 27.6. The number of fused-ring (bicyclic) bond motifs is 1. The smallest absolute Gasteiger partial charge is 0.319 e. The number of likely N-dealkylation sites (N-methyl/N-ethyl adjacent to an activating group) is 1. The van der Waals surface area contributed by atoms with Crippen molar-refractivity contribution in [2.75, 3.05) is 19.5 Å². The highest BCUT2D eigenvalue weighted by molar-refractivity contribution is 7.90. The first kappa shape index (κ1) is 28.2. The Balaban J connectivity index is 1.47. The number of carbonyl (C=O) groups is 1. The summed E-state index contributed by atoms with van der Waals surface area (Å²) in [7, 11) is -0.136. The molecule has 10 heteroatoms. The van der Waals surface area contributed by atoms with Gasteiger partial charge in [0.15, 0.2) is 9.84 Å². The fourth-order valence-corrected chi connectivity index (χ4v) is 6.39. The highest BCUT2D eigenvalue weighted by Gasteiger charge is 2.23. The molecule has 4 rings (SSSR count). The number of nitrogens with one attached hydrogen (secondary N) is 2. The van der Waals surface area contributed by atoms with E-state index in [1.165, 1.54) is 36.4 Å². The second-order valence-electron chi connectivity index (χ2n) is 9.66.